The third kappa shape index (κ3) is 3.24. The standard InChI is InChI=1S/C19H22BrN5/c1-12-4-2-6-14(8-12)24-16-10-23-19-17(16)18(15(20)9-22-19)25-7-3-5-13(21)11-25/h2,4,6,8-10,13,24H,3,5,7,11,21H2,1H3,(H,22,23)/t13-/m1/s1. The van der Waals surface area contributed by atoms with E-state index in [1.807, 2.05) is 12.4 Å². The van der Waals surface area contributed by atoms with E-state index in [0.717, 1.165) is 58.5 Å². The summed E-state index contributed by atoms with van der Waals surface area (Å²) in [5.41, 5.74) is 11.6. The van der Waals surface area contributed by atoms with Gasteiger partial charge in [-0.2, -0.15) is 0 Å². The Morgan fingerprint density at radius 2 is 2.28 bits per heavy atom. The molecule has 25 heavy (non-hydrogen) atoms. The number of hydrogen-bond donors (Lipinski definition) is 3. The van der Waals surface area contributed by atoms with Crippen LogP contribution in [0.4, 0.5) is 17.1 Å². The smallest absolute Gasteiger partial charge is 0.141 e. The maximum absolute atomic E-state index is 6.21. The molecule has 3 heterocycles. The van der Waals surface area contributed by atoms with Crippen molar-refractivity contribution in [2.24, 2.45) is 5.73 Å². The van der Waals surface area contributed by atoms with Crippen molar-refractivity contribution in [1.82, 2.24) is 9.97 Å². The van der Waals surface area contributed by atoms with Gasteiger partial charge in [-0.1, -0.05) is 12.1 Å². The van der Waals surface area contributed by atoms with Crippen molar-refractivity contribution < 1.29 is 0 Å². The van der Waals surface area contributed by atoms with Gasteiger partial charge in [0.25, 0.3) is 0 Å². The first-order valence-electron chi connectivity index (χ1n) is 8.61. The van der Waals surface area contributed by atoms with Crippen molar-refractivity contribution in [3.05, 3.63) is 46.7 Å². The summed E-state index contributed by atoms with van der Waals surface area (Å²) >= 11 is 3.70. The molecule has 0 saturated carbocycles. The Kier molecular flexibility index (Phi) is 4.39. The molecule has 0 amide bonds. The molecular formula is C19H22BrN5. The van der Waals surface area contributed by atoms with Gasteiger partial charge in [0.05, 0.1) is 21.2 Å². The molecule has 1 saturated heterocycles. The molecule has 130 valence electrons. The summed E-state index contributed by atoms with van der Waals surface area (Å²) in [4.78, 5) is 10.2. The summed E-state index contributed by atoms with van der Waals surface area (Å²) < 4.78 is 1.00. The van der Waals surface area contributed by atoms with Crippen LogP contribution in [0.1, 0.15) is 18.4 Å². The van der Waals surface area contributed by atoms with Gasteiger partial charge in [-0.15, -0.1) is 0 Å². The maximum Gasteiger partial charge on any atom is 0.141 e. The predicted octanol–water partition coefficient (Wildman–Crippen LogP) is 4.30. The van der Waals surface area contributed by atoms with Crippen molar-refractivity contribution in [3.8, 4) is 0 Å². The van der Waals surface area contributed by atoms with Gasteiger partial charge in [-0.3, -0.25) is 0 Å². The first-order valence-corrected chi connectivity index (χ1v) is 9.41. The molecule has 1 fully saturated rings. The molecule has 4 N–H and O–H groups in total. The van der Waals surface area contributed by atoms with Gasteiger partial charge in [0.1, 0.15) is 5.65 Å². The lowest BCUT2D eigenvalue weighted by Crippen LogP contribution is -2.43. The molecule has 0 spiro atoms. The minimum absolute atomic E-state index is 0.219. The molecule has 1 aliphatic rings. The fraction of sp³-hybridized carbons (Fsp3) is 0.316. The van der Waals surface area contributed by atoms with Crippen LogP contribution in [0.3, 0.4) is 0 Å². The average Bonchev–Trinajstić information content (AvgIpc) is 2.98. The van der Waals surface area contributed by atoms with Crippen molar-refractivity contribution in [3.63, 3.8) is 0 Å². The second-order valence-electron chi connectivity index (χ2n) is 6.72. The van der Waals surface area contributed by atoms with E-state index >= 15 is 0 Å². The maximum atomic E-state index is 6.21. The van der Waals surface area contributed by atoms with Crippen LogP contribution in [0.5, 0.6) is 0 Å². The van der Waals surface area contributed by atoms with Gasteiger partial charge in [0.15, 0.2) is 0 Å². The molecule has 0 unspecified atom stereocenters. The van der Waals surface area contributed by atoms with Crippen LogP contribution in [0.2, 0.25) is 0 Å². The number of nitrogens with two attached hydrogens (primary N) is 1. The molecule has 1 aliphatic heterocycles. The first-order chi connectivity index (χ1) is 12.1. The number of nitrogens with one attached hydrogen (secondary N) is 2. The van der Waals surface area contributed by atoms with Gasteiger partial charge < -0.3 is 20.9 Å². The van der Waals surface area contributed by atoms with Crippen molar-refractivity contribution in [2.75, 3.05) is 23.3 Å². The number of pyridine rings is 1. The number of aromatic amines is 1. The van der Waals surface area contributed by atoms with Crippen molar-refractivity contribution in [2.45, 2.75) is 25.8 Å². The number of benzene rings is 1. The third-order valence-corrected chi connectivity index (χ3v) is 5.28. The molecular weight excluding hydrogens is 378 g/mol. The number of nitrogens with zero attached hydrogens (tertiary/aromatic N) is 2. The lowest BCUT2D eigenvalue weighted by molar-refractivity contribution is 0.506. The van der Waals surface area contributed by atoms with Gasteiger partial charge in [0.2, 0.25) is 0 Å². The second kappa shape index (κ2) is 6.69. The number of fused-ring (bicyclic) bond motifs is 1. The van der Waals surface area contributed by atoms with Crippen molar-refractivity contribution in [1.29, 1.82) is 0 Å². The van der Waals surface area contributed by atoms with E-state index in [-0.39, 0.29) is 6.04 Å². The van der Waals surface area contributed by atoms with Gasteiger partial charge in [-0.25, -0.2) is 4.98 Å². The van der Waals surface area contributed by atoms with E-state index in [0.29, 0.717) is 0 Å². The van der Waals surface area contributed by atoms with E-state index < -0.39 is 0 Å². The van der Waals surface area contributed by atoms with Gasteiger partial charge >= 0.3 is 0 Å². The number of anilines is 3. The molecule has 0 aliphatic carbocycles. The highest BCUT2D eigenvalue weighted by Gasteiger charge is 2.23. The zero-order valence-electron chi connectivity index (χ0n) is 14.2. The Labute approximate surface area is 155 Å². The average molecular weight is 400 g/mol. The Balaban J connectivity index is 1.79. The van der Waals surface area contributed by atoms with Gasteiger partial charge in [-0.05, 0) is 53.4 Å². The number of H-pyrrole nitrogens is 1. The molecule has 2 aromatic heterocycles. The number of rotatable bonds is 3. The normalized spacial score (nSPS) is 17.9. The summed E-state index contributed by atoms with van der Waals surface area (Å²) in [6, 6.07) is 8.59. The summed E-state index contributed by atoms with van der Waals surface area (Å²) in [6.07, 6.45) is 6.05. The molecule has 0 bridgehead atoms. The number of hydrogen-bond acceptors (Lipinski definition) is 4. The quantitative estimate of drug-likeness (QED) is 0.613. The predicted molar refractivity (Wildman–Crippen MR) is 108 cm³/mol. The summed E-state index contributed by atoms with van der Waals surface area (Å²) in [7, 11) is 0. The van der Waals surface area contributed by atoms with Crippen LogP contribution in [0, 0.1) is 6.92 Å². The number of piperidine rings is 1. The SMILES string of the molecule is Cc1cccc(Nc2c[nH]c3ncc(Br)c(N4CCC[C@@H](N)C4)c23)c1. The van der Waals surface area contributed by atoms with E-state index in [1.165, 1.54) is 5.56 Å². The molecule has 4 rings (SSSR count). The summed E-state index contributed by atoms with van der Waals surface area (Å²) in [5, 5.41) is 4.64. The zero-order valence-corrected chi connectivity index (χ0v) is 15.8. The third-order valence-electron chi connectivity index (χ3n) is 4.70. The topological polar surface area (TPSA) is 70.0 Å². The number of aryl methyl sites for hydroxylation is 1. The lowest BCUT2D eigenvalue weighted by atomic mass is 10.1. The molecule has 3 aromatic rings. The van der Waals surface area contributed by atoms with Crippen LogP contribution in [-0.2, 0) is 0 Å². The fourth-order valence-corrected chi connectivity index (χ4v) is 4.11. The number of halogens is 1. The van der Waals surface area contributed by atoms with Crippen LogP contribution in [0.25, 0.3) is 11.0 Å². The highest BCUT2D eigenvalue weighted by molar-refractivity contribution is 9.10. The Hall–Kier alpha value is -2.05. The Bertz CT molecular complexity index is 904. The largest absolute Gasteiger partial charge is 0.368 e. The molecule has 1 atom stereocenters. The monoisotopic (exact) mass is 399 g/mol. The Morgan fingerprint density at radius 1 is 1.40 bits per heavy atom. The van der Waals surface area contributed by atoms with E-state index in [2.05, 4.69) is 67.3 Å². The zero-order chi connectivity index (χ0) is 17.4. The van der Waals surface area contributed by atoms with E-state index in [1.54, 1.807) is 0 Å². The molecule has 0 radical (unpaired) electrons. The van der Waals surface area contributed by atoms with Crippen LogP contribution >= 0.6 is 15.9 Å². The van der Waals surface area contributed by atoms with E-state index in [4.69, 9.17) is 5.73 Å². The fourth-order valence-electron chi connectivity index (χ4n) is 3.55. The highest BCUT2D eigenvalue weighted by Crippen LogP contribution is 2.39. The van der Waals surface area contributed by atoms with E-state index in [9.17, 15) is 0 Å². The first kappa shape index (κ1) is 16.4. The van der Waals surface area contributed by atoms with Crippen LogP contribution in [0.15, 0.2) is 41.1 Å². The number of aromatic nitrogens is 2. The summed E-state index contributed by atoms with van der Waals surface area (Å²) in [5.74, 6) is 0. The Morgan fingerprint density at radius 3 is 3.08 bits per heavy atom. The minimum Gasteiger partial charge on any atom is -0.368 e. The van der Waals surface area contributed by atoms with Crippen molar-refractivity contribution >= 4 is 44.0 Å². The molecule has 5 nitrogen and oxygen atoms in total. The van der Waals surface area contributed by atoms with Crippen LogP contribution < -0.4 is 16.0 Å². The minimum atomic E-state index is 0.219. The molecule has 6 heteroatoms. The second-order valence-corrected chi connectivity index (χ2v) is 7.58. The van der Waals surface area contributed by atoms with Crippen LogP contribution in [-0.4, -0.2) is 29.1 Å². The molecule has 1 aromatic carbocycles. The lowest BCUT2D eigenvalue weighted by Gasteiger charge is -2.33. The highest BCUT2D eigenvalue weighted by atomic mass is 79.9. The van der Waals surface area contributed by atoms with Gasteiger partial charge in [0, 0.05) is 37.2 Å². The summed E-state index contributed by atoms with van der Waals surface area (Å²) in [6.45, 7) is 3.98.